The normalized spacial score (nSPS) is 10.2. The monoisotopic (exact) mass is 233 g/mol. The van der Waals surface area contributed by atoms with Crippen molar-refractivity contribution in [2.24, 2.45) is 0 Å². The summed E-state index contributed by atoms with van der Waals surface area (Å²) < 4.78 is 9.78. The van der Waals surface area contributed by atoms with E-state index in [1.807, 2.05) is 6.92 Å². The largest absolute Gasteiger partial charge is 0.465 e. The van der Waals surface area contributed by atoms with Gasteiger partial charge >= 0.3 is 5.97 Å². The average molecular weight is 233 g/mol. The van der Waals surface area contributed by atoms with Gasteiger partial charge in [-0.3, -0.25) is 0 Å². The first-order chi connectivity index (χ1) is 8.13. The number of nitrogen functional groups attached to an aromatic ring is 1. The van der Waals surface area contributed by atoms with Crippen LogP contribution in [-0.4, -0.2) is 23.0 Å². The molecule has 0 saturated carbocycles. The summed E-state index contributed by atoms with van der Waals surface area (Å²) in [5, 5.41) is 0. The molecule has 0 aliphatic carbocycles. The molecule has 0 bridgehead atoms. The number of nitrogens with two attached hydrogens (primary N) is 1. The number of carbonyl (C=O) groups excluding carboxylic acids is 1. The van der Waals surface area contributed by atoms with E-state index in [0.29, 0.717) is 11.6 Å². The van der Waals surface area contributed by atoms with E-state index in [0.717, 1.165) is 5.56 Å². The fraction of sp³-hybridized carbons (Fsp3) is 0.182. The van der Waals surface area contributed by atoms with E-state index >= 15 is 0 Å². The third kappa shape index (κ3) is 1.96. The van der Waals surface area contributed by atoms with Crippen LogP contribution in [0.5, 0.6) is 0 Å². The van der Waals surface area contributed by atoms with Crippen molar-refractivity contribution in [3.8, 4) is 11.6 Å². The van der Waals surface area contributed by atoms with E-state index in [4.69, 9.17) is 10.2 Å². The molecule has 2 N–H and O–H groups in total. The van der Waals surface area contributed by atoms with Crippen LogP contribution in [0.25, 0.3) is 11.6 Å². The summed E-state index contributed by atoms with van der Waals surface area (Å²) in [5.74, 6) is 0.383. The molecule has 0 aliphatic rings. The number of carbonyl (C=O) groups is 1. The van der Waals surface area contributed by atoms with Gasteiger partial charge in [-0.15, -0.1) is 0 Å². The van der Waals surface area contributed by atoms with Crippen molar-refractivity contribution in [1.82, 2.24) is 9.97 Å². The van der Waals surface area contributed by atoms with Gasteiger partial charge in [0, 0.05) is 6.20 Å². The fourth-order valence-electron chi connectivity index (χ4n) is 1.37. The van der Waals surface area contributed by atoms with Crippen LogP contribution in [0.1, 0.15) is 15.9 Å². The maximum absolute atomic E-state index is 11.3. The predicted molar refractivity (Wildman–Crippen MR) is 60.2 cm³/mol. The van der Waals surface area contributed by atoms with E-state index in [2.05, 4.69) is 14.7 Å². The molecule has 0 amide bonds. The van der Waals surface area contributed by atoms with Crippen molar-refractivity contribution in [3.05, 3.63) is 29.7 Å². The lowest BCUT2D eigenvalue weighted by Gasteiger charge is -2.03. The highest BCUT2D eigenvalue weighted by Gasteiger charge is 2.15. The van der Waals surface area contributed by atoms with Gasteiger partial charge in [0.15, 0.2) is 11.6 Å². The molecule has 0 radical (unpaired) electrons. The van der Waals surface area contributed by atoms with Crippen LogP contribution >= 0.6 is 0 Å². The Balaban J connectivity index is 2.44. The lowest BCUT2D eigenvalue weighted by atomic mass is 10.2. The summed E-state index contributed by atoms with van der Waals surface area (Å²) in [4.78, 5) is 19.3. The minimum absolute atomic E-state index is 0.0673. The van der Waals surface area contributed by atoms with Crippen molar-refractivity contribution < 1.29 is 13.9 Å². The Morgan fingerprint density at radius 3 is 2.82 bits per heavy atom. The SMILES string of the molecule is COC(=O)c1cnc(-c2occc2C)nc1N. The third-order valence-corrected chi connectivity index (χ3v) is 2.29. The molecule has 6 nitrogen and oxygen atoms in total. The number of aromatic nitrogens is 2. The van der Waals surface area contributed by atoms with Crippen LogP contribution in [0.15, 0.2) is 22.9 Å². The molecule has 2 rings (SSSR count). The minimum atomic E-state index is -0.565. The number of methoxy groups -OCH3 is 1. The molecule has 17 heavy (non-hydrogen) atoms. The van der Waals surface area contributed by atoms with Crippen molar-refractivity contribution in [2.45, 2.75) is 6.92 Å². The smallest absolute Gasteiger partial charge is 0.343 e. The van der Waals surface area contributed by atoms with Gasteiger partial charge in [-0.25, -0.2) is 14.8 Å². The van der Waals surface area contributed by atoms with Crippen molar-refractivity contribution in [2.75, 3.05) is 12.8 Å². The molecule has 2 aromatic rings. The molecular weight excluding hydrogens is 222 g/mol. The van der Waals surface area contributed by atoms with E-state index in [1.54, 1.807) is 12.3 Å². The summed E-state index contributed by atoms with van der Waals surface area (Å²) in [5.41, 5.74) is 6.70. The maximum Gasteiger partial charge on any atom is 0.343 e. The Kier molecular flexibility index (Phi) is 2.78. The zero-order valence-electron chi connectivity index (χ0n) is 9.43. The summed E-state index contributed by atoms with van der Waals surface area (Å²) >= 11 is 0. The lowest BCUT2D eigenvalue weighted by molar-refractivity contribution is 0.0601. The molecule has 2 heterocycles. The molecule has 88 valence electrons. The highest BCUT2D eigenvalue weighted by molar-refractivity contribution is 5.93. The predicted octanol–water partition coefficient (Wildman–Crippen LogP) is 1.41. The number of furan rings is 1. The summed E-state index contributed by atoms with van der Waals surface area (Å²) in [7, 11) is 1.27. The lowest BCUT2D eigenvalue weighted by Crippen LogP contribution is -2.09. The number of aryl methyl sites for hydroxylation is 1. The Morgan fingerprint density at radius 2 is 2.29 bits per heavy atom. The van der Waals surface area contributed by atoms with Crippen LogP contribution in [0.4, 0.5) is 5.82 Å². The summed E-state index contributed by atoms with van der Waals surface area (Å²) in [6, 6.07) is 1.79. The Hall–Kier alpha value is -2.37. The maximum atomic E-state index is 11.3. The second kappa shape index (κ2) is 4.25. The number of hydrogen-bond donors (Lipinski definition) is 1. The molecule has 0 unspecified atom stereocenters. The average Bonchev–Trinajstić information content (AvgIpc) is 2.74. The fourth-order valence-corrected chi connectivity index (χ4v) is 1.37. The van der Waals surface area contributed by atoms with Gasteiger partial charge in [0.05, 0.1) is 13.4 Å². The van der Waals surface area contributed by atoms with E-state index in [9.17, 15) is 4.79 Å². The van der Waals surface area contributed by atoms with Crippen molar-refractivity contribution in [3.63, 3.8) is 0 Å². The topological polar surface area (TPSA) is 91.2 Å². The van der Waals surface area contributed by atoms with Crippen LogP contribution in [-0.2, 0) is 4.74 Å². The van der Waals surface area contributed by atoms with E-state index in [1.165, 1.54) is 13.3 Å². The molecule has 0 spiro atoms. The first-order valence-electron chi connectivity index (χ1n) is 4.88. The van der Waals surface area contributed by atoms with Crippen LogP contribution in [0, 0.1) is 6.92 Å². The number of rotatable bonds is 2. The summed E-state index contributed by atoms with van der Waals surface area (Å²) in [6.45, 7) is 1.87. The van der Waals surface area contributed by atoms with Gasteiger partial charge < -0.3 is 14.9 Å². The van der Waals surface area contributed by atoms with Gasteiger partial charge in [0.1, 0.15) is 11.4 Å². The Labute approximate surface area is 97.4 Å². The minimum Gasteiger partial charge on any atom is -0.465 e. The van der Waals surface area contributed by atoms with Crippen LogP contribution in [0.2, 0.25) is 0 Å². The van der Waals surface area contributed by atoms with Gasteiger partial charge in [-0.1, -0.05) is 0 Å². The standard InChI is InChI=1S/C11H11N3O3/c1-6-3-4-17-8(6)10-13-5-7(9(12)14-10)11(15)16-2/h3-5H,1-2H3,(H2,12,13,14). The number of ether oxygens (including phenoxy) is 1. The molecule has 0 saturated heterocycles. The Morgan fingerprint density at radius 1 is 1.53 bits per heavy atom. The van der Waals surface area contributed by atoms with Crippen molar-refractivity contribution >= 4 is 11.8 Å². The highest BCUT2D eigenvalue weighted by atomic mass is 16.5. The van der Waals surface area contributed by atoms with Gasteiger partial charge in [0.2, 0.25) is 0 Å². The van der Waals surface area contributed by atoms with Crippen molar-refractivity contribution in [1.29, 1.82) is 0 Å². The van der Waals surface area contributed by atoms with Gasteiger partial charge in [0.25, 0.3) is 0 Å². The van der Waals surface area contributed by atoms with Crippen LogP contribution < -0.4 is 5.73 Å². The number of anilines is 1. The zero-order valence-corrected chi connectivity index (χ0v) is 9.43. The number of hydrogen-bond acceptors (Lipinski definition) is 6. The molecule has 6 heteroatoms. The third-order valence-electron chi connectivity index (χ3n) is 2.29. The molecular formula is C11H11N3O3. The number of esters is 1. The first-order valence-corrected chi connectivity index (χ1v) is 4.88. The highest BCUT2D eigenvalue weighted by Crippen LogP contribution is 2.22. The summed E-state index contributed by atoms with van der Waals surface area (Å²) in [6.07, 6.45) is 2.86. The second-order valence-electron chi connectivity index (χ2n) is 3.42. The molecule has 2 aromatic heterocycles. The molecule has 0 aromatic carbocycles. The van der Waals surface area contributed by atoms with E-state index in [-0.39, 0.29) is 11.4 Å². The molecule has 0 atom stereocenters. The zero-order chi connectivity index (χ0) is 12.4. The van der Waals surface area contributed by atoms with Gasteiger partial charge in [-0.2, -0.15) is 0 Å². The van der Waals surface area contributed by atoms with Gasteiger partial charge in [-0.05, 0) is 18.6 Å². The Bertz CT molecular complexity index is 563. The second-order valence-corrected chi connectivity index (χ2v) is 3.42. The van der Waals surface area contributed by atoms with E-state index < -0.39 is 5.97 Å². The van der Waals surface area contributed by atoms with Crippen LogP contribution in [0.3, 0.4) is 0 Å². The first kappa shape index (κ1) is 11.1. The molecule has 0 aliphatic heterocycles. The molecule has 0 fully saturated rings. The quantitative estimate of drug-likeness (QED) is 0.788. The number of nitrogens with zero attached hydrogens (tertiary/aromatic N) is 2.